The molecule has 128 valence electrons. The molecule has 0 saturated carbocycles. The number of thioether (sulfide) groups is 1. The highest BCUT2D eigenvalue weighted by Gasteiger charge is 2.08. The van der Waals surface area contributed by atoms with Crippen LogP contribution in [0.25, 0.3) is 0 Å². The summed E-state index contributed by atoms with van der Waals surface area (Å²) in [6.07, 6.45) is 3.08. The van der Waals surface area contributed by atoms with E-state index < -0.39 is 0 Å². The van der Waals surface area contributed by atoms with Crippen LogP contribution in [0, 0.1) is 0 Å². The van der Waals surface area contributed by atoms with Gasteiger partial charge in [-0.05, 0) is 37.4 Å². The molecule has 1 amide bonds. The molecular weight excluding hydrogens is 344 g/mol. The van der Waals surface area contributed by atoms with Gasteiger partial charge in [-0.1, -0.05) is 25.4 Å². The quantitative estimate of drug-likeness (QED) is 0.721. The van der Waals surface area contributed by atoms with E-state index in [1.807, 2.05) is 6.07 Å². The van der Waals surface area contributed by atoms with Gasteiger partial charge in [0, 0.05) is 24.7 Å². The molecule has 7 heteroatoms. The fraction of sp³-hybridized carbons (Fsp3) is 0.353. The lowest BCUT2D eigenvalue weighted by Crippen LogP contribution is -2.25. The Balaban J connectivity index is 1.86. The average Bonchev–Trinajstić information content (AvgIpc) is 2.61. The highest BCUT2D eigenvalue weighted by atomic mass is 35.5. The van der Waals surface area contributed by atoms with Gasteiger partial charge < -0.3 is 10.2 Å². The van der Waals surface area contributed by atoms with Crippen LogP contribution in [0.5, 0.6) is 0 Å². The highest BCUT2D eigenvalue weighted by molar-refractivity contribution is 7.99. The van der Waals surface area contributed by atoms with Gasteiger partial charge in [0.25, 0.3) is 5.91 Å². The van der Waals surface area contributed by atoms with Crippen molar-refractivity contribution in [2.45, 2.75) is 18.9 Å². The van der Waals surface area contributed by atoms with Crippen molar-refractivity contribution < 1.29 is 4.79 Å². The Morgan fingerprint density at radius 1 is 1.17 bits per heavy atom. The number of nitrogens with one attached hydrogen (secondary N) is 1. The van der Waals surface area contributed by atoms with E-state index in [4.69, 9.17) is 11.6 Å². The number of nitrogens with zero attached hydrogens (tertiary/aromatic N) is 3. The molecule has 0 spiro atoms. The molecule has 0 atom stereocenters. The van der Waals surface area contributed by atoms with Crippen LogP contribution in [0.4, 0.5) is 5.82 Å². The van der Waals surface area contributed by atoms with E-state index in [0.717, 1.165) is 30.4 Å². The van der Waals surface area contributed by atoms with E-state index in [0.29, 0.717) is 16.4 Å². The maximum absolute atomic E-state index is 12.2. The van der Waals surface area contributed by atoms with Gasteiger partial charge in [0.1, 0.15) is 5.82 Å². The van der Waals surface area contributed by atoms with Gasteiger partial charge in [-0.15, -0.1) is 11.8 Å². The second kappa shape index (κ2) is 9.61. The lowest BCUT2D eigenvalue weighted by atomic mass is 10.2. The van der Waals surface area contributed by atoms with E-state index in [9.17, 15) is 4.79 Å². The third-order valence-corrected chi connectivity index (χ3v) is 4.67. The van der Waals surface area contributed by atoms with Crippen LogP contribution in [0.2, 0.25) is 5.02 Å². The first-order valence-corrected chi connectivity index (χ1v) is 9.22. The van der Waals surface area contributed by atoms with Crippen molar-refractivity contribution in [3.8, 4) is 0 Å². The molecule has 2 heterocycles. The largest absolute Gasteiger partial charge is 0.307 e. The fourth-order valence-electron chi connectivity index (χ4n) is 2.06. The number of halogens is 1. The molecule has 2 aromatic heterocycles. The molecule has 0 bridgehead atoms. The van der Waals surface area contributed by atoms with Crippen LogP contribution in [0.3, 0.4) is 0 Å². The predicted molar refractivity (Wildman–Crippen MR) is 99.9 cm³/mol. The van der Waals surface area contributed by atoms with Gasteiger partial charge in [0.15, 0.2) is 0 Å². The maximum Gasteiger partial charge on any atom is 0.258 e. The molecule has 0 aliphatic heterocycles. The number of hydrogen-bond donors (Lipinski definition) is 1. The summed E-state index contributed by atoms with van der Waals surface area (Å²) < 4.78 is 0. The Hall–Kier alpha value is -1.63. The summed E-state index contributed by atoms with van der Waals surface area (Å²) in [4.78, 5) is 22.9. The minimum Gasteiger partial charge on any atom is -0.307 e. The molecule has 5 nitrogen and oxygen atoms in total. The molecule has 24 heavy (non-hydrogen) atoms. The van der Waals surface area contributed by atoms with Crippen LogP contribution >= 0.6 is 23.4 Å². The first-order chi connectivity index (χ1) is 11.6. The fourth-order valence-corrected chi connectivity index (χ4v) is 3.02. The summed E-state index contributed by atoms with van der Waals surface area (Å²) in [5.74, 6) is 1.20. The Bertz CT molecular complexity index is 645. The normalized spacial score (nSPS) is 10.8. The molecule has 2 aromatic rings. The second-order valence-corrected chi connectivity index (χ2v) is 6.63. The number of hydrogen-bond acceptors (Lipinski definition) is 5. The van der Waals surface area contributed by atoms with Crippen molar-refractivity contribution in [2.24, 2.45) is 0 Å². The van der Waals surface area contributed by atoms with E-state index in [2.05, 4.69) is 34.0 Å². The summed E-state index contributed by atoms with van der Waals surface area (Å²) in [6, 6.07) is 6.98. The van der Waals surface area contributed by atoms with Crippen LogP contribution < -0.4 is 5.32 Å². The van der Waals surface area contributed by atoms with Gasteiger partial charge in [-0.25, -0.2) is 9.97 Å². The van der Waals surface area contributed by atoms with E-state index in [1.165, 1.54) is 6.20 Å². The molecule has 2 rings (SSSR count). The third-order valence-electron chi connectivity index (χ3n) is 3.52. The van der Waals surface area contributed by atoms with Crippen molar-refractivity contribution in [1.82, 2.24) is 14.9 Å². The summed E-state index contributed by atoms with van der Waals surface area (Å²) in [5.41, 5.74) is 0.500. The second-order valence-electron chi connectivity index (χ2n) is 5.08. The molecule has 1 N–H and O–H groups in total. The SMILES string of the molecule is CCN(CC)CCSc1ccc(C(=O)Nc2ccc(Cl)cn2)cn1. The van der Waals surface area contributed by atoms with Crippen molar-refractivity contribution in [2.75, 3.05) is 30.7 Å². The van der Waals surface area contributed by atoms with E-state index in [1.54, 1.807) is 36.2 Å². The van der Waals surface area contributed by atoms with Crippen molar-refractivity contribution in [3.05, 3.63) is 47.2 Å². The smallest absolute Gasteiger partial charge is 0.258 e. The standard InChI is InChI=1S/C17H21ClN4OS/c1-3-22(4-2)9-10-24-16-8-5-13(11-20-16)17(23)21-15-7-6-14(18)12-19-15/h5-8,11-12H,3-4,9-10H2,1-2H3,(H,19,21,23). The minimum atomic E-state index is -0.239. The van der Waals surface area contributed by atoms with Gasteiger partial charge >= 0.3 is 0 Å². The molecule has 0 unspecified atom stereocenters. The first-order valence-electron chi connectivity index (χ1n) is 7.86. The van der Waals surface area contributed by atoms with E-state index in [-0.39, 0.29) is 5.91 Å². The van der Waals surface area contributed by atoms with Gasteiger partial charge in [-0.3, -0.25) is 4.79 Å². The third kappa shape index (κ3) is 5.78. The number of aromatic nitrogens is 2. The van der Waals surface area contributed by atoms with Gasteiger partial charge in [0.2, 0.25) is 0 Å². The number of rotatable bonds is 8. The summed E-state index contributed by atoms with van der Waals surface area (Å²) in [5, 5.41) is 4.16. The summed E-state index contributed by atoms with van der Waals surface area (Å²) >= 11 is 7.47. The van der Waals surface area contributed by atoms with Crippen LogP contribution in [0.1, 0.15) is 24.2 Å². The maximum atomic E-state index is 12.2. The number of anilines is 1. The number of pyridine rings is 2. The lowest BCUT2D eigenvalue weighted by Gasteiger charge is -2.17. The van der Waals surface area contributed by atoms with Crippen molar-refractivity contribution in [1.29, 1.82) is 0 Å². The van der Waals surface area contributed by atoms with Gasteiger partial charge in [-0.2, -0.15) is 0 Å². The zero-order chi connectivity index (χ0) is 17.4. The lowest BCUT2D eigenvalue weighted by molar-refractivity contribution is 0.102. The predicted octanol–water partition coefficient (Wildman–Crippen LogP) is 3.82. The molecule has 0 radical (unpaired) electrons. The number of carbonyl (C=O) groups excluding carboxylic acids is 1. The molecule has 0 aliphatic carbocycles. The van der Waals surface area contributed by atoms with Crippen molar-refractivity contribution in [3.63, 3.8) is 0 Å². The van der Waals surface area contributed by atoms with Crippen LogP contribution in [-0.4, -0.2) is 46.2 Å². The molecule has 0 aromatic carbocycles. The highest BCUT2D eigenvalue weighted by Crippen LogP contribution is 2.16. The topological polar surface area (TPSA) is 58.1 Å². The Kier molecular flexibility index (Phi) is 7.49. The van der Waals surface area contributed by atoms with Crippen molar-refractivity contribution >= 4 is 35.1 Å². The molecular formula is C17H21ClN4OS. The zero-order valence-corrected chi connectivity index (χ0v) is 15.4. The first kappa shape index (κ1) is 18.7. The number of carbonyl (C=O) groups is 1. The Morgan fingerprint density at radius 2 is 1.96 bits per heavy atom. The minimum absolute atomic E-state index is 0.239. The van der Waals surface area contributed by atoms with Gasteiger partial charge in [0.05, 0.1) is 15.6 Å². The monoisotopic (exact) mass is 364 g/mol. The Morgan fingerprint density at radius 3 is 2.54 bits per heavy atom. The number of amides is 1. The van der Waals surface area contributed by atoms with E-state index >= 15 is 0 Å². The summed E-state index contributed by atoms with van der Waals surface area (Å²) in [7, 11) is 0. The molecule has 0 saturated heterocycles. The molecule has 0 aliphatic rings. The summed E-state index contributed by atoms with van der Waals surface area (Å²) in [6.45, 7) is 7.47. The zero-order valence-electron chi connectivity index (χ0n) is 13.8. The average molecular weight is 365 g/mol. The molecule has 0 fully saturated rings. The van der Waals surface area contributed by atoms with Crippen LogP contribution in [0.15, 0.2) is 41.7 Å². The Labute approximate surface area is 151 Å². The van der Waals surface area contributed by atoms with Crippen LogP contribution in [-0.2, 0) is 0 Å².